The molecule has 21 heavy (non-hydrogen) atoms. The molecule has 1 aromatic carbocycles. The fourth-order valence-electron chi connectivity index (χ4n) is 3.11. The van der Waals surface area contributed by atoms with Gasteiger partial charge in [-0.1, -0.05) is 12.8 Å². The van der Waals surface area contributed by atoms with E-state index in [1.807, 2.05) is 24.3 Å². The van der Waals surface area contributed by atoms with Crippen molar-refractivity contribution in [1.29, 1.82) is 0 Å². The highest BCUT2D eigenvalue weighted by Crippen LogP contribution is 2.28. The van der Waals surface area contributed by atoms with Crippen LogP contribution in [0.1, 0.15) is 32.1 Å². The quantitative estimate of drug-likeness (QED) is 0.851. The number of nitrogens with zero attached hydrogens (tertiary/aromatic N) is 1. The average Bonchev–Trinajstić information content (AvgIpc) is 2.99. The fraction of sp³-hybridized carbons (Fsp3) is 0.562. The zero-order chi connectivity index (χ0) is 14.8. The van der Waals surface area contributed by atoms with E-state index in [0.717, 1.165) is 17.8 Å². The Morgan fingerprint density at radius 3 is 2.38 bits per heavy atom. The van der Waals surface area contributed by atoms with E-state index >= 15 is 0 Å². The van der Waals surface area contributed by atoms with Crippen LogP contribution >= 0.6 is 23.2 Å². The molecule has 0 bridgehead atoms. The molecule has 114 valence electrons. The van der Waals surface area contributed by atoms with E-state index in [4.69, 9.17) is 23.2 Å². The van der Waals surface area contributed by atoms with Crippen molar-refractivity contribution in [1.82, 2.24) is 0 Å². The third-order valence-corrected chi connectivity index (χ3v) is 5.44. The lowest BCUT2D eigenvalue weighted by Gasteiger charge is -2.32. The van der Waals surface area contributed by atoms with Crippen LogP contribution in [0.15, 0.2) is 24.3 Å². The lowest BCUT2D eigenvalue weighted by Crippen LogP contribution is -2.47. The summed E-state index contributed by atoms with van der Waals surface area (Å²) in [6.07, 6.45) is 5.85. The summed E-state index contributed by atoms with van der Waals surface area (Å²) in [6, 6.07) is 8.63. The first-order valence-corrected chi connectivity index (χ1v) is 8.48. The van der Waals surface area contributed by atoms with Gasteiger partial charge in [-0.05, 0) is 43.5 Å². The summed E-state index contributed by atoms with van der Waals surface area (Å²) in [7, 11) is 0. The molecule has 0 aromatic heterocycles. The molecule has 2 aliphatic rings. The highest BCUT2D eigenvalue weighted by molar-refractivity contribution is 6.39. The van der Waals surface area contributed by atoms with Gasteiger partial charge in [-0.2, -0.15) is 0 Å². The summed E-state index contributed by atoms with van der Waals surface area (Å²) >= 11 is 12.1. The Kier molecular flexibility index (Phi) is 4.60. The number of hydrogen-bond donors (Lipinski definition) is 1. The Labute approximate surface area is 135 Å². The molecule has 2 atom stereocenters. The van der Waals surface area contributed by atoms with Crippen LogP contribution in [0.4, 0.5) is 11.4 Å². The maximum absolute atomic E-state index is 12.2. The average molecular weight is 327 g/mol. The van der Waals surface area contributed by atoms with Crippen LogP contribution in [0.2, 0.25) is 0 Å². The second kappa shape index (κ2) is 6.45. The predicted octanol–water partition coefficient (Wildman–Crippen LogP) is 3.99. The molecule has 1 saturated heterocycles. The lowest BCUT2D eigenvalue weighted by molar-refractivity contribution is -0.119. The molecule has 5 heteroatoms. The summed E-state index contributed by atoms with van der Waals surface area (Å²) < 4.78 is 0. The first kappa shape index (κ1) is 15.0. The molecular formula is C16H20Cl2N2O. The fourth-order valence-corrected chi connectivity index (χ4v) is 3.56. The second-order valence-corrected chi connectivity index (χ2v) is 6.90. The number of alkyl halides is 2. The van der Waals surface area contributed by atoms with Gasteiger partial charge < -0.3 is 10.2 Å². The highest BCUT2D eigenvalue weighted by atomic mass is 35.5. The summed E-state index contributed by atoms with van der Waals surface area (Å²) in [5.41, 5.74) is 2.01. The molecule has 2 unspecified atom stereocenters. The minimum atomic E-state index is -0.628. The standard InChI is InChI=1S/C16H20Cl2N2O/c17-14-9-10-20(16(21)15(14)18)13-7-5-12(6-8-13)19-11-3-1-2-4-11/h5-8,11,14-15,19H,1-4,9-10H2. The van der Waals surface area contributed by atoms with Gasteiger partial charge in [-0.25, -0.2) is 0 Å². The smallest absolute Gasteiger partial charge is 0.246 e. The molecule has 1 aliphatic heterocycles. The van der Waals surface area contributed by atoms with Crippen LogP contribution in [-0.4, -0.2) is 29.2 Å². The Balaban J connectivity index is 1.67. The normalized spacial score (nSPS) is 27.1. The summed E-state index contributed by atoms with van der Waals surface area (Å²) in [6.45, 7) is 0.631. The molecule has 1 saturated carbocycles. The number of nitrogens with one attached hydrogen (secondary N) is 1. The van der Waals surface area contributed by atoms with Crippen LogP contribution in [0.3, 0.4) is 0 Å². The molecule has 1 aromatic rings. The van der Waals surface area contributed by atoms with Crippen LogP contribution in [-0.2, 0) is 4.79 Å². The van der Waals surface area contributed by atoms with Crippen LogP contribution < -0.4 is 10.2 Å². The third kappa shape index (κ3) is 3.29. The molecule has 3 nitrogen and oxygen atoms in total. The van der Waals surface area contributed by atoms with Crippen molar-refractivity contribution < 1.29 is 4.79 Å². The van der Waals surface area contributed by atoms with Gasteiger partial charge in [0.2, 0.25) is 5.91 Å². The maximum atomic E-state index is 12.2. The number of halogens is 2. The van der Waals surface area contributed by atoms with E-state index in [2.05, 4.69) is 5.32 Å². The van der Waals surface area contributed by atoms with Gasteiger partial charge in [0.25, 0.3) is 0 Å². The second-order valence-electron chi connectivity index (χ2n) is 5.87. The van der Waals surface area contributed by atoms with E-state index in [1.165, 1.54) is 25.7 Å². The van der Waals surface area contributed by atoms with Crippen molar-refractivity contribution in [3.05, 3.63) is 24.3 Å². The maximum Gasteiger partial charge on any atom is 0.246 e. The van der Waals surface area contributed by atoms with E-state index in [-0.39, 0.29) is 11.3 Å². The lowest BCUT2D eigenvalue weighted by atomic mass is 10.1. The largest absolute Gasteiger partial charge is 0.382 e. The summed E-state index contributed by atoms with van der Waals surface area (Å²) in [5, 5.41) is 2.65. The van der Waals surface area contributed by atoms with Gasteiger partial charge >= 0.3 is 0 Å². The molecule has 1 heterocycles. The van der Waals surface area contributed by atoms with Crippen LogP contribution in [0.5, 0.6) is 0 Å². The van der Waals surface area contributed by atoms with Crippen molar-refractivity contribution in [2.45, 2.75) is 48.9 Å². The van der Waals surface area contributed by atoms with E-state index in [0.29, 0.717) is 12.6 Å². The van der Waals surface area contributed by atoms with Crippen LogP contribution in [0.25, 0.3) is 0 Å². The van der Waals surface area contributed by atoms with Gasteiger partial charge in [0.1, 0.15) is 5.38 Å². The predicted molar refractivity (Wildman–Crippen MR) is 88.6 cm³/mol. The minimum Gasteiger partial charge on any atom is -0.382 e. The first-order chi connectivity index (χ1) is 10.1. The van der Waals surface area contributed by atoms with Crippen molar-refractivity contribution in [2.24, 2.45) is 0 Å². The zero-order valence-electron chi connectivity index (χ0n) is 11.9. The number of carbonyl (C=O) groups is 1. The summed E-state index contributed by atoms with van der Waals surface area (Å²) in [4.78, 5) is 13.9. The molecular weight excluding hydrogens is 307 g/mol. The van der Waals surface area contributed by atoms with Crippen molar-refractivity contribution in [2.75, 3.05) is 16.8 Å². The van der Waals surface area contributed by atoms with E-state index < -0.39 is 5.38 Å². The Hall–Kier alpha value is -0.930. The third-order valence-electron chi connectivity index (χ3n) is 4.35. The van der Waals surface area contributed by atoms with Crippen LogP contribution in [0, 0.1) is 0 Å². The van der Waals surface area contributed by atoms with E-state index in [9.17, 15) is 4.79 Å². The summed E-state index contributed by atoms with van der Waals surface area (Å²) in [5.74, 6) is -0.0978. The van der Waals surface area contributed by atoms with Gasteiger partial charge in [0.15, 0.2) is 0 Å². The van der Waals surface area contributed by atoms with Crippen molar-refractivity contribution in [3.8, 4) is 0 Å². The molecule has 2 fully saturated rings. The number of piperidine rings is 1. The number of hydrogen-bond acceptors (Lipinski definition) is 2. The Bertz CT molecular complexity index is 500. The number of rotatable bonds is 3. The van der Waals surface area contributed by atoms with Crippen molar-refractivity contribution in [3.63, 3.8) is 0 Å². The molecule has 0 spiro atoms. The van der Waals surface area contributed by atoms with Gasteiger partial charge in [0.05, 0.1) is 5.38 Å². The van der Waals surface area contributed by atoms with E-state index in [1.54, 1.807) is 4.90 Å². The number of anilines is 2. The van der Waals surface area contributed by atoms with Gasteiger partial charge in [-0.15, -0.1) is 23.2 Å². The van der Waals surface area contributed by atoms with Gasteiger partial charge in [-0.3, -0.25) is 4.79 Å². The molecule has 1 N–H and O–H groups in total. The monoisotopic (exact) mass is 326 g/mol. The number of carbonyl (C=O) groups excluding carboxylic acids is 1. The molecule has 1 amide bonds. The first-order valence-electron chi connectivity index (χ1n) is 7.61. The minimum absolute atomic E-state index is 0.0978. The Morgan fingerprint density at radius 2 is 1.71 bits per heavy atom. The molecule has 1 aliphatic carbocycles. The highest BCUT2D eigenvalue weighted by Gasteiger charge is 2.34. The number of amides is 1. The van der Waals surface area contributed by atoms with Crippen molar-refractivity contribution >= 4 is 40.5 Å². The van der Waals surface area contributed by atoms with Gasteiger partial charge in [0, 0.05) is 24.0 Å². The topological polar surface area (TPSA) is 32.3 Å². The number of benzene rings is 1. The Morgan fingerprint density at radius 1 is 1.05 bits per heavy atom. The SMILES string of the molecule is O=C1C(Cl)C(Cl)CCN1c1ccc(NC2CCCC2)cc1. The molecule has 3 rings (SSSR count). The molecule has 0 radical (unpaired) electrons. The zero-order valence-corrected chi connectivity index (χ0v) is 13.4.